The first-order chi connectivity index (χ1) is 31.7. The summed E-state index contributed by atoms with van der Waals surface area (Å²) in [4.78, 5) is 84.9. The second kappa shape index (κ2) is 22.2. The van der Waals surface area contributed by atoms with Crippen molar-refractivity contribution >= 4 is 52.9 Å². The van der Waals surface area contributed by atoms with E-state index in [1.165, 1.54) is 24.1 Å². The number of alkyl carbamates (subject to hydrolysis) is 1. The maximum absolute atomic E-state index is 14.2. The van der Waals surface area contributed by atoms with Gasteiger partial charge in [0.05, 0.1) is 26.3 Å². The molecule has 16 nitrogen and oxygen atoms in total. The van der Waals surface area contributed by atoms with E-state index >= 15 is 0 Å². The lowest BCUT2D eigenvalue weighted by atomic mass is 9.94. The molecule has 3 aliphatic heterocycles. The van der Waals surface area contributed by atoms with Crippen LogP contribution in [-0.2, 0) is 28.7 Å². The van der Waals surface area contributed by atoms with Crippen molar-refractivity contribution in [3.8, 4) is 0 Å². The van der Waals surface area contributed by atoms with Gasteiger partial charge in [-0.15, -0.1) is 0 Å². The highest BCUT2D eigenvalue weighted by Crippen LogP contribution is 2.47. The number of amides is 6. The van der Waals surface area contributed by atoms with Crippen LogP contribution in [0.15, 0.2) is 72.8 Å². The van der Waals surface area contributed by atoms with Crippen LogP contribution in [0.4, 0.5) is 31.0 Å². The maximum atomic E-state index is 14.2. The minimum atomic E-state index is -1.10. The number of piperidine rings is 1. The third-order valence-corrected chi connectivity index (χ3v) is 13.6. The molecular weight excluding hydrogens is 848 g/mol. The van der Waals surface area contributed by atoms with Gasteiger partial charge in [-0.2, -0.15) is 4.79 Å². The van der Waals surface area contributed by atoms with Crippen LogP contribution in [0.1, 0.15) is 109 Å². The van der Waals surface area contributed by atoms with Crippen molar-refractivity contribution in [3.63, 3.8) is 0 Å². The van der Waals surface area contributed by atoms with Gasteiger partial charge >= 0.3 is 12.2 Å². The van der Waals surface area contributed by atoms with E-state index in [0.29, 0.717) is 61.3 Å². The Kier molecular flexibility index (Phi) is 16.5. The lowest BCUT2D eigenvalue weighted by molar-refractivity contribution is -0.567. The van der Waals surface area contributed by atoms with Gasteiger partial charge in [0.2, 0.25) is 17.7 Å². The zero-order chi connectivity index (χ0) is 47.7. The van der Waals surface area contributed by atoms with Gasteiger partial charge < -0.3 is 40.1 Å². The van der Waals surface area contributed by atoms with E-state index in [9.17, 15) is 33.2 Å². The Bertz CT molecular complexity index is 2230. The summed E-state index contributed by atoms with van der Waals surface area (Å²) in [5.74, 6) is -2.29. The standard InChI is InChI=1S/C49H63FN8O8/c1-7-30(3)42(54-48(63)65-5)46(61)55-28-10-9-12-40(55)44(59)52-35-20-14-32(15-21-35)38-26-27-39(57(38)37-24-18-34(50)19-25-37)33-16-22-36(23-17-33)53-45(60)41-13-11-29-56(41)47(62)43(31(4)8-2)58(51)49(64)66-6/h14-25,30-31,38-43,51H,7-13,26-29H2,1-6H3,(H2-,52,53,54,59,60,63)/p+1. The number of hydrogen-bond acceptors (Lipinski definition) is 10. The van der Waals surface area contributed by atoms with Gasteiger partial charge in [0.25, 0.3) is 11.9 Å². The molecule has 3 fully saturated rings. The van der Waals surface area contributed by atoms with Gasteiger partial charge in [0.1, 0.15) is 23.9 Å². The number of ether oxygens (including phenoxy) is 2. The molecule has 6 rings (SSSR count). The van der Waals surface area contributed by atoms with Gasteiger partial charge in [0, 0.05) is 36.1 Å². The minimum Gasteiger partial charge on any atom is -0.453 e. The molecule has 0 saturated carbocycles. The van der Waals surface area contributed by atoms with Crippen LogP contribution in [0.5, 0.6) is 0 Å². The maximum Gasteiger partial charge on any atom is 0.622 e. The molecular formula is C49H64FN8O8+. The minimum absolute atomic E-state index is 0.0974. The summed E-state index contributed by atoms with van der Waals surface area (Å²) in [7, 11) is 2.41. The molecule has 66 heavy (non-hydrogen) atoms. The van der Waals surface area contributed by atoms with Crippen LogP contribution < -0.4 is 20.9 Å². The fourth-order valence-corrected chi connectivity index (χ4v) is 9.50. The van der Waals surface area contributed by atoms with Gasteiger partial charge in [-0.05, 0) is 127 Å². The zero-order valence-corrected chi connectivity index (χ0v) is 38.8. The number of nitrogens with zero attached hydrogens (tertiary/aromatic N) is 4. The number of benzene rings is 3. The molecule has 0 aromatic heterocycles. The molecule has 6 amide bonds. The second-order valence-electron chi connectivity index (χ2n) is 17.6. The fourth-order valence-electron chi connectivity index (χ4n) is 9.50. The van der Waals surface area contributed by atoms with Crippen molar-refractivity contribution in [2.24, 2.45) is 11.8 Å². The van der Waals surface area contributed by atoms with Crippen LogP contribution in [0, 0.1) is 23.2 Å². The first-order valence-electron chi connectivity index (χ1n) is 23.1. The number of rotatable bonds is 15. The Hall–Kier alpha value is -6.39. The molecule has 354 valence electrons. The monoisotopic (exact) mass is 911 g/mol. The molecule has 0 bridgehead atoms. The number of anilines is 3. The van der Waals surface area contributed by atoms with Crippen LogP contribution >= 0.6 is 0 Å². The highest BCUT2D eigenvalue weighted by Gasteiger charge is 2.47. The molecule has 3 saturated heterocycles. The third kappa shape index (κ3) is 11.0. The van der Waals surface area contributed by atoms with E-state index in [2.05, 4.69) is 20.9 Å². The van der Waals surface area contributed by atoms with E-state index in [4.69, 9.17) is 15.0 Å². The SMILES string of the molecule is CCC(C)C(NC(=O)OC)C(=O)N1CCCCC1C(=O)Nc1ccc(C2CCC(c3ccc(NC(=O)C4CCCN4C(=O)C(C(C)CC)[N+](=N)C(=O)OC)cc3)N2c2ccc(F)cc2)cc1. The summed E-state index contributed by atoms with van der Waals surface area (Å²) < 4.78 is 24.3. The van der Waals surface area contributed by atoms with Crippen LogP contribution in [-0.4, -0.2) is 102 Å². The average Bonchev–Trinajstić information content (AvgIpc) is 4.02. The lowest BCUT2D eigenvalue weighted by Gasteiger charge is -2.38. The summed E-state index contributed by atoms with van der Waals surface area (Å²) in [5, 5.41) is 8.67. The summed E-state index contributed by atoms with van der Waals surface area (Å²) in [6.07, 6.45) is 4.17. The largest absolute Gasteiger partial charge is 0.622 e. The Morgan fingerprint density at radius 2 is 1.18 bits per heavy atom. The number of halogens is 1. The number of carbonyl (C=O) groups excluding carboxylic acids is 6. The number of methoxy groups -OCH3 is 2. The summed E-state index contributed by atoms with van der Waals surface area (Å²) in [6.45, 7) is 8.22. The first-order valence-corrected chi connectivity index (χ1v) is 23.1. The Balaban J connectivity index is 1.15. The summed E-state index contributed by atoms with van der Waals surface area (Å²) >= 11 is 0. The van der Waals surface area contributed by atoms with Crippen molar-refractivity contribution in [2.75, 3.05) is 42.8 Å². The number of likely N-dealkylation sites (tertiary alicyclic amines) is 2. The molecule has 0 spiro atoms. The van der Waals surface area contributed by atoms with Crippen molar-refractivity contribution < 1.29 is 47.3 Å². The second-order valence-corrected chi connectivity index (χ2v) is 17.6. The molecule has 8 atom stereocenters. The molecule has 3 heterocycles. The fraction of sp³-hybridized carbons (Fsp3) is 0.510. The molecule has 3 aromatic carbocycles. The topological polar surface area (TPSA) is 194 Å². The predicted octanol–water partition coefficient (Wildman–Crippen LogP) is 8.15. The number of nitrogens with one attached hydrogen (secondary N) is 4. The Morgan fingerprint density at radius 3 is 1.68 bits per heavy atom. The van der Waals surface area contributed by atoms with Crippen molar-refractivity contribution in [1.82, 2.24) is 15.1 Å². The predicted molar refractivity (Wildman–Crippen MR) is 245 cm³/mol. The van der Waals surface area contributed by atoms with E-state index in [1.807, 2.05) is 69.3 Å². The Morgan fingerprint density at radius 1 is 0.682 bits per heavy atom. The molecule has 3 aromatic rings. The molecule has 17 heteroatoms. The highest BCUT2D eigenvalue weighted by molar-refractivity contribution is 5.99. The van der Waals surface area contributed by atoms with Crippen LogP contribution in [0.3, 0.4) is 0 Å². The van der Waals surface area contributed by atoms with Crippen molar-refractivity contribution in [1.29, 1.82) is 5.53 Å². The molecule has 4 N–H and O–H groups in total. The van der Waals surface area contributed by atoms with E-state index in [-0.39, 0.29) is 47.5 Å². The normalized spacial score (nSPS) is 21.2. The zero-order valence-electron chi connectivity index (χ0n) is 38.8. The molecule has 8 unspecified atom stereocenters. The van der Waals surface area contributed by atoms with Gasteiger partial charge in [-0.25, -0.2) is 9.18 Å². The first kappa shape index (κ1) is 49.1. The Labute approximate surface area is 386 Å². The lowest BCUT2D eigenvalue weighted by Crippen LogP contribution is -2.58. The summed E-state index contributed by atoms with van der Waals surface area (Å²) in [5.41, 5.74) is 12.3. The van der Waals surface area contributed by atoms with Gasteiger partial charge in [0.15, 0.2) is 0 Å². The van der Waals surface area contributed by atoms with Crippen molar-refractivity contribution in [2.45, 2.75) is 122 Å². The molecule has 0 radical (unpaired) electrons. The van der Waals surface area contributed by atoms with E-state index < -0.39 is 42.3 Å². The molecule has 3 aliphatic rings. The van der Waals surface area contributed by atoms with Crippen molar-refractivity contribution in [3.05, 3.63) is 89.7 Å². The average molecular weight is 912 g/mol. The smallest absolute Gasteiger partial charge is 0.453 e. The highest BCUT2D eigenvalue weighted by atomic mass is 19.1. The molecule has 0 aliphatic carbocycles. The third-order valence-electron chi connectivity index (χ3n) is 13.6. The van der Waals surface area contributed by atoms with Crippen LogP contribution in [0.2, 0.25) is 0 Å². The number of carbonyl (C=O) groups is 6. The van der Waals surface area contributed by atoms with E-state index in [1.54, 1.807) is 24.0 Å². The van der Waals surface area contributed by atoms with Gasteiger partial charge in [-0.3, -0.25) is 19.2 Å². The number of hydrogen-bond donors (Lipinski definition) is 4. The van der Waals surface area contributed by atoms with Crippen LogP contribution in [0.25, 0.3) is 0 Å². The summed E-state index contributed by atoms with van der Waals surface area (Å²) in [6, 6.07) is 18.0. The van der Waals surface area contributed by atoms with Gasteiger partial charge in [-0.1, -0.05) is 58.4 Å². The quantitative estimate of drug-likeness (QED) is 0.0860. The van der Waals surface area contributed by atoms with E-state index in [0.717, 1.165) is 49.6 Å².